The maximum absolute atomic E-state index is 13.0. The van der Waals surface area contributed by atoms with Crippen molar-refractivity contribution in [3.8, 4) is 0 Å². The number of para-hydroxylation sites is 2. The summed E-state index contributed by atoms with van der Waals surface area (Å²) in [7, 11) is 0. The quantitative estimate of drug-likeness (QED) is 0.746. The molecule has 1 fully saturated rings. The van der Waals surface area contributed by atoms with Crippen molar-refractivity contribution in [2.24, 2.45) is 5.92 Å². The molecule has 0 amide bonds. The smallest absolute Gasteiger partial charge is 0.203 e. The Morgan fingerprint density at radius 3 is 2.75 bits per heavy atom. The third kappa shape index (κ3) is 2.77. The van der Waals surface area contributed by atoms with E-state index in [4.69, 9.17) is 0 Å². The summed E-state index contributed by atoms with van der Waals surface area (Å²) in [4.78, 5) is 22.8. The molecule has 4 rings (SSSR count). The molecule has 1 aromatic heterocycles. The van der Waals surface area contributed by atoms with Crippen LogP contribution in [-0.2, 0) is 0 Å². The topological polar surface area (TPSA) is 49.0 Å². The van der Waals surface area contributed by atoms with Crippen LogP contribution in [0.3, 0.4) is 0 Å². The molecule has 1 saturated heterocycles. The number of benzene rings is 2. The first kappa shape index (κ1) is 14.9. The van der Waals surface area contributed by atoms with E-state index in [-0.39, 0.29) is 17.5 Å². The molecule has 0 bridgehead atoms. The molecule has 0 radical (unpaired) electrons. The molecular weight excluding hydrogens is 305 g/mol. The number of imidazole rings is 1. The second-order valence-corrected chi connectivity index (χ2v) is 6.23. The van der Waals surface area contributed by atoms with E-state index in [2.05, 4.69) is 14.9 Å². The van der Waals surface area contributed by atoms with Crippen LogP contribution >= 0.6 is 0 Å². The molecule has 2 aromatic carbocycles. The van der Waals surface area contributed by atoms with Crippen molar-refractivity contribution in [3.63, 3.8) is 0 Å². The highest BCUT2D eigenvalue weighted by Crippen LogP contribution is 2.25. The molecular formula is C19H18FN3O. The number of hydrogen-bond donors (Lipinski definition) is 1. The summed E-state index contributed by atoms with van der Waals surface area (Å²) in [5.41, 5.74) is 2.51. The first-order valence-corrected chi connectivity index (χ1v) is 8.20. The van der Waals surface area contributed by atoms with Crippen LogP contribution in [0.2, 0.25) is 0 Å². The van der Waals surface area contributed by atoms with Gasteiger partial charge in [-0.15, -0.1) is 0 Å². The second-order valence-electron chi connectivity index (χ2n) is 6.23. The molecule has 5 heteroatoms. The molecule has 0 saturated carbocycles. The fourth-order valence-corrected chi connectivity index (χ4v) is 3.32. The van der Waals surface area contributed by atoms with Crippen molar-refractivity contribution in [1.82, 2.24) is 9.97 Å². The van der Waals surface area contributed by atoms with Gasteiger partial charge in [0, 0.05) is 24.6 Å². The maximum atomic E-state index is 13.0. The molecule has 4 nitrogen and oxygen atoms in total. The molecule has 1 aliphatic rings. The fourth-order valence-electron chi connectivity index (χ4n) is 3.32. The van der Waals surface area contributed by atoms with Gasteiger partial charge in [0.15, 0.2) is 5.78 Å². The van der Waals surface area contributed by atoms with E-state index < -0.39 is 0 Å². The van der Waals surface area contributed by atoms with Gasteiger partial charge < -0.3 is 9.88 Å². The van der Waals surface area contributed by atoms with E-state index in [1.807, 2.05) is 24.3 Å². The number of rotatable bonds is 3. The molecule has 24 heavy (non-hydrogen) atoms. The van der Waals surface area contributed by atoms with Crippen molar-refractivity contribution < 1.29 is 9.18 Å². The Kier molecular flexibility index (Phi) is 3.76. The lowest BCUT2D eigenvalue weighted by atomic mass is 9.90. The number of ketones is 1. The van der Waals surface area contributed by atoms with E-state index in [0.29, 0.717) is 12.1 Å². The number of fused-ring (bicyclic) bond motifs is 1. The van der Waals surface area contributed by atoms with Crippen molar-refractivity contribution in [2.45, 2.75) is 12.8 Å². The number of nitrogens with one attached hydrogen (secondary N) is 1. The van der Waals surface area contributed by atoms with Gasteiger partial charge in [-0.1, -0.05) is 12.1 Å². The Balaban J connectivity index is 1.54. The summed E-state index contributed by atoms with van der Waals surface area (Å²) < 4.78 is 13.0. The molecule has 3 aromatic rings. The molecule has 1 N–H and O–H groups in total. The summed E-state index contributed by atoms with van der Waals surface area (Å²) in [5.74, 6) is 0.486. The van der Waals surface area contributed by atoms with Gasteiger partial charge in [-0.2, -0.15) is 0 Å². The van der Waals surface area contributed by atoms with E-state index in [0.717, 1.165) is 36.4 Å². The largest absolute Gasteiger partial charge is 0.342 e. The minimum atomic E-state index is -0.320. The van der Waals surface area contributed by atoms with Crippen molar-refractivity contribution >= 4 is 22.8 Å². The highest BCUT2D eigenvalue weighted by Gasteiger charge is 2.28. The van der Waals surface area contributed by atoms with Gasteiger partial charge in [-0.25, -0.2) is 9.37 Å². The number of anilines is 1. The zero-order chi connectivity index (χ0) is 16.5. The van der Waals surface area contributed by atoms with Gasteiger partial charge >= 0.3 is 0 Å². The number of carbonyl (C=O) groups is 1. The normalized spacial score (nSPS) is 18.0. The van der Waals surface area contributed by atoms with Crippen LogP contribution in [0.15, 0.2) is 48.5 Å². The molecule has 122 valence electrons. The number of aromatic amines is 1. The predicted octanol–water partition coefficient (Wildman–Crippen LogP) is 3.80. The summed E-state index contributed by atoms with van der Waals surface area (Å²) in [5, 5.41) is 0. The van der Waals surface area contributed by atoms with Crippen LogP contribution < -0.4 is 4.90 Å². The van der Waals surface area contributed by atoms with Gasteiger partial charge in [0.05, 0.1) is 11.0 Å². The summed E-state index contributed by atoms with van der Waals surface area (Å²) in [6, 6.07) is 13.7. The van der Waals surface area contributed by atoms with Crippen LogP contribution in [0.25, 0.3) is 11.0 Å². The zero-order valence-electron chi connectivity index (χ0n) is 13.2. The third-order valence-corrected chi connectivity index (χ3v) is 4.60. The average molecular weight is 323 g/mol. The third-order valence-electron chi connectivity index (χ3n) is 4.60. The molecule has 1 atom stereocenters. The van der Waals surface area contributed by atoms with E-state index in [9.17, 15) is 9.18 Å². The monoisotopic (exact) mass is 323 g/mol. The summed E-state index contributed by atoms with van der Waals surface area (Å²) >= 11 is 0. The SMILES string of the molecule is O=C(c1ccc(F)cc1)C1CCCN(c2nc3ccccc3[nH]2)C1. The number of hydrogen-bond acceptors (Lipinski definition) is 3. The van der Waals surface area contributed by atoms with E-state index in [1.165, 1.54) is 12.1 Å². The minimum absolute atomic E-state index is 0.0795. The van der Waals surface area contributed by atoms with Crippen molar-refractivity contribution in [2.75, 3.05) is 18.0 Å². The minimum Gasteiger partial charge on any atom is -0.342 e. The first-order valence-electron chi connectivity index (χ1n) is 8.20. The Labute approximate surface area is 139 Å². The summed E-state index contributed by atoms with van der Waals surface area (Å²) in [6.07, 6.45) is 1.79. The van der Waals surface area contributed by atoms with Crippen LogP contribution in [0.1, 0.15) is 23.2 Å². The maximum Gasteiger partial charge on any atom is 0.203 e. The lowest BCUT2D eigenvalue weighted by molar-refractivity contribution is 0.0907. The molecule has 0 aliphatic carbocycles. The standard InChI is InChI=1S/C19H18FN3O/c20-15-9-7-13(8-10-15)18(24)14-4-3-11-23(12-14)19-21-16-5-1-2-6-17(16)22-19/h1-2,5-10,14H,3-4,11-12H2,(H,21,22). The first-order chi connectivity index (χ1) is 11.7. The molecule has 1 unspecified atom stereocenters. The van der Waals surface area contributed by atoms with Crippen LogP contribution in [0.5, 0.6) is 0 Å². The Bertz CT molecular complexity index is 839. The Morgan fingerprint density at radius 1 is 1.17 bits per heavy atom. The lowest BCUT2D eigenvalue weighted by Crippen LogP contribution is -2.39. The average Bonchev–Trinajstić information content (AvgIpc) is 3.06. The van der Waals surface area contributed by atoms with Crippen LogP contribution in [0, 0.1) is 11.7 Å². The van der Waals surface area contributed by atoms with Crippen molar-refractivity contribution in [1.29, 1.82) is 0 Å². The van der Waals surface area contributed by atoms with Gasteiger partial charge in [-0.3, -0.25) is 4.79 Å². The zero-order valence-corrected chi connectivity index (χ0v) is 13.2. The van der Waals surface area contributed by atoms with Gasteiger partial charge in [0.1, 0.15) is 5.82 Å². The van der Waals surface area contributed by atoms with Gasteiger partial charge in [0.25, 0.3) is 0 Å². The highest BCUT2D eigenvalue weighted by atomic mass is 19.1. The van der Waals surface area contributed by atoms with E-state index in [1.54, 1.807) is 12.1 Å². The molecule has 1 aliphatic heterocycles. The number of carbonyl (C=O) groups excluding carboxylic acids is 1. The van der Waals surface area contributed by atoms with Crippen molar-refractivity contribution in [3.05, 3.63) is 59.9 Å². The fraction of sp³-hybridized carbons (Fsp3) is 0.263. The number of nitrogens with zero attached hydrogens (tertiary/aromatic N) is 2. The number of piperidine rings is 1. The Hall–Kier alpha value is -2.69. The second kappa shape index (κ2) is 6.07. The number of aromatic nitrogens is 2. The van der Waals surface area contributed by atoms with Crippen LogP contribution in [-0.4, -0.2) is 28.8 Å². The lowest BCUT2D eigenvalue weighted by Gasteiger charge is -2.31. The van der Waals surface area contributed by atoms with Crippen LogP contribution in [0.4, 0.5) is 10.3 Å². The number of H-pyrrole nitrogens is 1. The Morgan fingerprint density at radius 2 is 1.96 bits per heavy atom. The predicted molar refractivity (Wildman–Crippen MR) is 91.8 cm³/mol. The summed E-state index contributed by atoms with van der Waals surface area (Å²) in [6.45, 7) is 1.52. The number of Topliss-reactive ketones (excluding diaryl/α,β-unsaturated/α-hetero) is 1. The number of halogens is 1. The van der Waals surface area contributed by atoms with E-state index >= 15 is 0 Å². The highest BCUT2D eigenvalue weighted by molar-refractivity contribution is 5.98. The van der Waals surface area contributed by atoms with Gasteiger partial charge in [-0.05, 0) is 49.2 Å². The molecule has 2 heterocycles. The van der Waals surface area contributed by atoms with Gasteiger partial charge in [0.2, 0.25) is 5.95 Å². The molecule has 0 spiro atoms.